The van der Waals surface area contributed by atoms with Crippen LogP contribution in [0.4, 0.5) is 0 Å². The second kappa shape index (κ2) is 6.56. The molecule has 5 nitrogen and oxygen atoms in total. The summed E-state index contributed by atoms with van der Waals surface area (Å²) in [6.45, 7) is 0.412. The van der Waals surface area contributed by atoms with E-state index in [9.17, 15) is 4.79 Å². The molecule has 0 aliphatic rings. The van der Waals surface area contributed by atoms with Crippen LogP contribution < -0.4 is 10.1 Å². The van der Waals surface area contributed by atoms with Crippen molar-refractivity contribution in [1.29, 1.82) is 0 Å². The smallest absolute Gasteiger partial charge is 0.244 e. The SMILES string of the molecule is COc1ccc(/C=C/C(=O)NCc2nccn2C)cc1. The maximum Gasteiger partial charge on any atom is 0.244 e. The van der Waals surface area contributed by atoms with Crippen molar-refractivity contribution in [1.82, 2.24) is 14.9 Å². The molecule has 104 valence electrons. The van der Waals surface area contributed by atoms with Crippen molar-refractivity contribution in [3.63, 3.8) is 0 Å². The van der Waals surface area contributed by atoms with Crippen molar-refractivity contribution >= 4 is 12.0 Å². The summed E-state index contributed by atoms with van der Waals surface area (Å²) < 4.78 is 6.94. The van der Waals surface area contributed by atoms with Gasteiger partial charge < -0.3 is 14.6 Å². The molecule has 0 unspecified atom stereocenters. The first-order valence-corrected chi connectivity index (χ1v) is 6.25. The molecule has 1 N–H and O–H groups in total. The Labute approximate surface area is 117 Å². The van der Waals surface area contributed by atoms with Gasteiger partial charge in [0, 0.05) is 25.5 Å². The Balaban J connectivity index is 1.87. The van der Waals surface area contributed by atoms with Crippen LogP contribution >= 0.6 is 0 Å². The normalized spacial score (nSPS) is 10.7. The topological polar surface area (TPSA) is 56.1 Å². The van der Waals surface area contributed by atoms with E-state index in [1.54, 1.807) is 19.4 Å². The number of hydrogen-bond acceptors (Lipinski definition) is 3. The predicted molar refractivity (Wildman–Crippen MR) is 77.1 cm³/mol. The van der Waals surface area contributed by atoms with Crippen LogP contribution in [0.1, 0.15) is 11.4 Å². The molecule has 1 heterocycles. The molecule has 0 aliphatic carbocycles. The maximum absolute atomic E-state index is 11.7. The van der Waals surface area contributed by atoms with Gasteiger partial charge in [-0.15, -0.1) is 0 Å². The standard InChI is InChI=1S/C15H17N3O2/c1-18-10-9-16-14(18)11-17-15(19)8-5-12-3-6-13(20-2)7-4-12/h3-10H,11H2,1-2H3,(H,17,19)/b8-5+. The molecule has 0 radical (unpaired) electrons. The number of carbonyl (C=O) groups is 1. The van der Waals surface area contributed by atoms with E-state index in [2.05, 4.69) is 10.3 Å². The number of carbonyl (C=O) groups excluding carboxylic acids is 1. The first kappa shape index (κ1) is 13.9. The summed E-state index contributed by atoms with van der Waals surface area (Å²) in [4.78, 5) is 15.8. The molecule has 0 saturated heterocycles. The number of aryl methyl sites for hydroxylation is 1. The van der Waals surface area contributed by atoms with E-state index >= 15 is 0 Å². The average molecular weight is 271 g/mol. The van der Waals surface area contributed by atoms with Gasteiger partial charge in [0.15, 0.2) is 0 Å². The largest absolute Gasteiger partial charge is 0.497 e. The lowest BCUT2D eigenvalue weighted by Crippen LogP contribution is -2.22. The first-order valence-electron chi connectivity index (χ1n) is 6.25. The Morgan fingerprint density at radius 2 is 2.15 bits per heavy atom. The van der Waals surface area contributed by atoms with Gasteiger partial charge in [0.05, 0.1) is 13.7 Å². The molecule has 0 saturated carbocycles. The van der Waals surface area contributed by atoms with E-state index < -0.39 is 0 Å². The highest BCUT2D eigenvalue weighted by Gasteiger charge is 2.00. The zero-order chi connectivity index (χ0) is 14.4. The van der Waals surface area contributed by atoms with Crippen molar-refractivity contribution in [2.24, 2.45) is 7.05 Å². The van der Waals surface area contributed by atoms with Crippen LogP contribution in [0.3, 0.4) is 0 Å². The van der Waals surface area contributed by atoms with E-state index in [0.717, 1.165) is 17.1 Å². The van der Waals surface area contributed by atoms with Crippen LogP contribution in [0.15, 0.2) is 42.7 Å². The summed E-state index contributed by atoms with van der Waals surface area (Å²) in [7, 11) is 3.51. The lowest BCUT2D eigenvalue weighted by atomic mass is 10.2. The van der Waals surface area contributed by atoms with E-state index in [1.807, 2.05) is 42.1 Å². The van der Waals surface area contributed by atoms with Crippen LogP contribution in [0.5, 0.6) is 5.75 Å². The number of imidazole rings is 1. The number of hydrogen-bond donors (Lipinski definition) is 1. The fraction of sp³-hybridized carbons (Fsp3) is 0.200. The second-order valence-corrected chi connectivity index (χ2v) is 4.28. The molecule has 0 spiro atoms. The average Bonchev–Trinajstić information content (AvgIpc) is 2.89. The van der Waals surface area contributed by atoms with Gasteiger partial charge in [-0.25, -0.2) is 4.98 Å². The van der Waals surface area contributed by atoms with Gasteiger partial charge in [-0.1, -0.05) is 12.1 Å². The molecule has 2 rings (SSSR count). The fourth-order valence-electron chi connectivity index (χ4n) is 1.68. The van der Waals surface area contributed by atoms with Crippen LogP contribution in [0, 0.1) is 0 Å². The second-order valence-electron chi connectivity index (χ2n) is 4.28. The Kier molecular flexibility index (Phi) is 4.55. The molecule has 0 bridgehead atoms. The third-order valence-electron chi connectivity index (χ3n) is 2.88. The summed E-state index contributed by atoms with van der Waals surface area (Å²) in [6.07, 6.45) is 6.81. The Morgan fingerprint density at radius 1 is 1.40 bits per heavy atom. The summed E-state index contributed by atoms with van der Waals surface area (Å²) in [5.41, 5.74) is 0.943. The predicted octanol–water partition coefficient (Wildman–Crippen LogP) is 1.76. The summed E-state index contributed by atoms with van der Waals surface area (Å²) in [5, 5.41) is 2.78. The number of benzene rings is 1. The number of rotatable bonds is 5. The highest BCUT2D eigenvalue weighted by atomic mass is 16.5. The van der Waals surface area contributed by atoms with Gasteiger partial charge in [-0.2, -0.15) is 0 Å². The third-order valence-corrected chi connectivity index (χ3v) is 2.88. The summed E-state index contributed by atoms with van der Waals surface area (Å²) in [5.74, 6) is 1.46. The van der Waals surface area contributed by atoms with Gasteiger partial charge in [-0.05, 0) is 23.8 Å². The number of nitrogens with one attached hydrogen (secondary N) is 1. The molecule has 20 heavy (non-hydrogen) atoms. The first-order chi connectivity index (χ1) is 9.69. The molecule has 0 fully saturated rings. The van der Waals surface area contributed by atoms with Crippen molar-refractivity contribution in [3.05, 3.63) is 54.1 Å². The van der Waals surface area contributed by atoms with Crippen LogP contribution in [0.2, 0.25) is 0 Å². The lowest BCUT2D eigenvalue weighted by Gasteiger charge is -2.02. The number of amides is 1. The van der Waals surface area contributed by atoms with Gasteiger partial charge in [0.25, 0.3) is 0 Å². The molecule has 5 heteroatoms. The molecular formula is C15H17N3O2. The van der Waals surface area contributed by atoms with Gasteiger partial charge in [0.1, 0.15) is 11.6 Å². The monoisotopic (exact) mass is 271 g/mol. The summed E-state index contributed by atoms with van der Waals surface area (Å²) in [6, 6.07) is 7.49. The van der Waals surface area contributed by atoms with E-state index in [-0.39, 0.29) is 5.91 Å². The Hall–Kier alpha value is -2.56. The number of aromatic nitrogens is 2. The quantitative estimate of drug-likeness (QED) is 0.843. The van der Waals surface area contributed by atoms with Crippen molar-refractivity contribution < 1.29 is 9.53 Å². The highest BCUT2D eigenvalue weighted by Crippen LogP contribution is 2.12. The maximum atomic E-state index is 11.7. The zero-order valence-corrected chi connectivity index (χ0v) is 11.5. The zero-order valence-electron chi connectivity index (χ0n) is 11.5. The minimum atomic E-state index is -0.149. The molecule has 0 aliphatic heterocycles. The number of nitrogens with zero attached hydrogens (tertiary/aromatic N) is 2. The molecule has 2 aromatic rings. The van der Waals surface area contributed by atoms with Crippen LogP contribution in [0.25, 0.3) is 6.08 Å². The van der Waals surface area contributed by atoms with Gasteiger partial charge in [0.2, 0.25) is 5.91 Å². The molecule has 1 aromatic heterocycles. The van der Waals surface area contributed by atoms with Gasteiger partial charge >= 0.3 is 0 Å². The highest BCUT2D eigenvalue weighted by molar-refractivity contribution is 5.91. The Morgan fingerprint density at radius 3 is 2.75 bits per heavy atom. The van der Waals surface area contributed by atoms with Crippen LogP contribution in [-0.4, -0.2) is 22.6 Å². The molecule has 1 amide bonds. The number of methoxy groups -OCH3 is 1. The van der Waals surface area contributed by atoms with Crippen LogP contribution in [-0.2, 0) is 18.4 Å². The number of ether oxygens (including phenoxy) is 1. The van der Waals surface area contributed by atoms with Crippen molar-refractivity contribution in [2.75, 3.05) is 7.11 Å². The van der Waals surface area contributed by atoms with Crippen molar-refractivity contribution in [3.8, 4) is 5.75 Å². The van der Waals surface area contributed by atoms with E-state index in [1.165, 1.54) is 6.08 Å². The molecule has 1 aromatic carbocycles. The van der Waals surface area contributed by atoms with E-state index in [0.29, 0.717) is 6.54 Å². The molecule has 0 atom stereocenters. The van der Waals surface area contributed by atoms with E-state index in [4.69, 9.17) is 4.74 Å². The van der Waals surface area contributed by atoms with Crippen molar-refractivity contribution in [2.45, 2.75) is 6.54 Å². The minimum absolute atomic E-state index is 0.149. The Bertz CT molecular complexity index is 600. The summed E-state index contributed by atoms with van der Waals surface area (Å²) >= 11 is 0. The lowest BCUT2D eigenvalue weighted by molar-refractivity contribution is -0.116. The fourth-order valence-corrected chi connectivity index (χ4v) is 1.68. The van der Waals surface area contributed by atoms with Gasteiger partial charge in [-0.3, -0.25) is 4.79 Å². The third kappa shape index (κ3) is 3.71. The molecular weight excluding hydrogens is 254 g/mol. The minimum Gasteiger partial charge on any atom is -0.497 e.